The highest BCUT2D eigenvalue weighted by Gasteiger charge is 2.16. The van der Waals surface area contributed by atoms with E-state index in [2.05, 4.69) is 26.7 Å². The van der Waals surface area contributed by atoms with Gasteiger partial charge in [0, 0.05) is 9.50 Å². The molecule has 0 fully saturated rings. The number of thiophene rings is 1. The molecule has 16 heavy (non-hydrogen) atoms. The van der Waals surface area contributed by atoms with Crippen molar-refractivity contribution >= 4 is 38.9 Å². The van der Waals surface area contributed by atoms with E-state index in [4.69, 9.17) is 17.4 Å². The summed E-state index contributed by atoms with van der Waals surface area (Å²) in [6.45, 7) is 0. The molecule has 0 saturated heterocycles. The average Bonchev–Trinajstić information content (AvgIpc) is 2.78. The van der Waals surface area contributed by atoms with E-state index >= 15 is 0 Å². The van der Waals surface area contributed by atoms with Crippen LogP contribution in [0.4, 0.5) is 0 Å². The van der Waals surface area contributed by atoms with Crippen molar-refractivity contribution in [2.75, 3.05) is 0 Å². The third-order valence-corrected chi connectivity index (χ3v) is 3.85. The van der Waals surface area contributed by atoms with Crippen LogP contribution in [0, 0.1) is 0 Å². The molecule has 84 valence electrons. The van der Waals surface area contributed by atoms with Crippen molar-refractivity contribution in [1.29, 1.82) is 0 Å². The van der Waals surface area contributed by atoms with E-state index in [1.807, 2.05) is 29.6 Å². The summed E-state index contributed by atoms with van der Waals surface area (Å²) in [5.74, 6) is 5.60. The lowest BCUT2D eigenvalue weighted by Crippen LogP contribution is -2.28. The molecular weight excluding hydrogens is 308 g/mol. The van der Waals surface area contributed by atoms with Crippen LogP contribution in [-0.4, -0.2) is 0 Å². The maximum Gasteiger partial charge on any atom is 0.0732 e. The molecule has 0 amide bonds. The Morgan fingerprint density at radius 2 is 2.19 bits per heavy atom. The quantitative estimate of drug-likeness (QED) is 0.669. The molecular formula is C11H10BrClN2S. The van der Waals surface area contributed by atoms with Crippen LogP contribution in [0.15, 0.2) is 39.5 Å². The largest absolute Gasteiger partial charge is 0.271 e. The van der Waals surface area contributed by atoms with Gasteiger partial charge < -0.3 is 0 Å². The number of hydrogen-bond donors (Lipinski definition) is 2. The first kappa shape index (κ1) is 12.1. The normalized spacial score (nSPS) is 12.7. The van der Waals surface area contributed by atoms with E-state index < -0.39 is 0 Å². The Morgan fingerprint density at radius 1 is 1.38 bits per heavy atom. The molecule has 1 aromatic heterocycles. The van der Waals surface area contributed by atoms with Crippen LogP contribution in [-0.2, 0) is 0 Å². The van der Waals surface area contributed by atoms with Crippen molar-refractivity contribution in [1.82, 2.24) is 5.43 Å². The Balaban J connectivity index is 2.44. The first-order valence-electron chi connectivity index (χ1n) is 4.65. The zero-order valence-electron chi connectivity index (χ0n) is 8.28. The number of nitrogens with two attached hydrogens (primary N) is 1. The number of halogens is 2. The fourth-order valence-corrected chi connectivity index (χ4v) is 2.83. The van der Waals surface area contributed by atoms with Gasteiger partial charge in [0.15, 0.2) is 0 Å². The van der Waals surface area contributed by atoms with E-state index in [-0.39, 0.29) is 6.04 Å². The molecule has 3 N–H and O–H groups in total. The molecule has 2 rings (SSSR count). The third kappa shape index (κ3) is 2.47. The van der Waals surface area contributed by atoms with Crippen LogP contribution in [0.2, 0.25) is 5.02 Å². The minimum Gasteiger partial charge on any atom is -0.271 e. The molecule has 0 spiro atoms. The average molecular weight is 318 g/mol. The van der Waals surface area contributed by atoms with Crippen molar-refractivity contribution in [2.45, 2.75) is 6.04 Å². The van der Waals surface area contributed by atoms with Gasteiger partial charge in [-0.1, -0.05) is 27.5 Å². The molecule has 0 aliphatic carbocycles. The summed E-state index contributed by atoms with van der Waals surface area (Å²) in [5, 5.41) is 4.78. The lowest BCUT2D eigenvalue weighted by atomic mass is 10.0. The maximum atomic E-state index is 6.17. The number of benzene rings is 1. The van der Waals surface area contributed by atoms with Gasteiger partial charge in [0.2, 0.25) is 0 Å². The summed E-state index contributed by atoms with van der Waals surface area (Å²) in [5.41, 5.74) is 4.88. The zero-order valence-corrected chi connectivity index (χ0v) is 11.4. The second-order valence-electron chi connectivity index (χ2n) is 3.32. The van der Waals surface area contributed by atoms with Gasteiger partial charge >= 0.3 is 0 Å². The molecule has 0 bridgehead atoms. The minimum absolute atomic E-state index is 0.0729. The second-order valence-corrected chi connectivity index (χ2v) is 5.43. The van der Waals surface area contributed by atoms with Gasteiger partial charge in [0.25, 0.3) is 0 Å². The van der Waals surface area contributed by atoms with Crippen LogP contribution in [0.5, 0.6) is 0 Å². The van der Waals surface area contributed by atoms with Crippen LogP contribution < -0.4 is 11.3 Å². The van der Waals surface area contributed by atoms with Gasteiger partial charge in [-0.05, 0) is 46.2 Å². The second kappa shape index (κ2) is 5.29. The van der Waals surface area contributed by atoms with Crippen molar-refractivity contribution in [3.05, 3.63) is 55.6 Å². The Bertz CT molecular complexity index is 473. The van der Waals surface area contributed by atoms with E-state index in [1.54, 1.807) is 11.3 Å². The first-order valence-corrected chi connectivity index (χ1v) is 6.77. The van der Waals surface area contributed by atoms with E-state index in [0.717, 1.165) is 15.6 Å². The van der Waals surface area contributed by atoms with Crippen molar-refractivity contribution < 1.29 is 0 Å². The minimum atomic E-state index is -0.0729. The fourth-order valence-electron chi connectivity index (χ4n) is 1.54. The molecule has 2 nitrogen and oxygen atoms in total. The first-order chi connectivity index (χ1) is 7.72. The number of hydrogen-bond acceptors (Lipinski definition) is 3. The topological polar surface area (TPSA) is 38.0 Å². The molecule has 0 radical (unpaired) electrons. The maximum absolute atomic E-state index is 6.17. The monoisotopic (exact) mass is 316 g/mol. The zero-order chi connectivity index (χ0) is 11.5. The van der Waals surface area contributed by atoms with Gasteiger partial charge in [-0.15, -0.1) is 0 Å². The van der Waals surface area contributed by atoms with Crippen LogP contribution in [0.3, 0.4) is 0 Å². The summed E-state index contributed by atoms with van der Waals surface area (Å²) in [6, 6.07) is 7.71. The summed E-state index contributed by atoms with van der Waals surface area (Å²) in [7, 11) is 0. The third-order valence-electron chi connectivity index (χ3n) is 2.31. The Hall–Kier alpha value is -0.390. The number of rotatable bonds is 3. The fraction of sp³-hybridized carbons (Fsp3) is 0.0909. The van der Waals surface area contributed by atoms with Gasteiger partial charge in [-0.25, -0.2) is 5.43 Å². The molecule has 1 aromatic carbocycles. The predicted molar refractivity (Wildman–Crippen MR) is 72.6 cm³/mol. The Kier molecular flexibility index (Phi) is 4.00. The highest BCUT2D eigenvalue weighted by molar-refractivity contribution is 9.10. The molecule has 0 aliphatic rings. The molecule has 1 atom stereocenters. The van der Waals surface area contributed by atoms with Crippen molar-refractivity contribution in [3.8, 4) is 0 Å². The van der Waals surface area contributed by atoms with Crippen LogP contribution in [0.25, 0.3) is 0 Å². The van der Waals surface area contributed by atoms with Gasteiger partial charge in [0.1, 0.15) is 0 Å². The van der Waals surface area contributed by atoms with Gasteiger partial charge in [0.05, 0.1) is 6.04 Å². The highest BCUT2D eigenvalue weighted by Crippen LogP contribution is 2.31. The highest BCUT2D eigenvalue weighted by atomic mass is 79.9. The summed E-state index contributed by atoms with van der Waals surface area (Å²) >= 11 is 11.2. The molecule has 1 heterocycles. The van der Waals surface area contributed by atoms with E-state index in [0.29, 0.717) is 5.02 Å². The van der Waals surface area contributed by atoms with Crippen molar-refractivity contribution in [2.24, 2.45) is 5.84 Å². The summed E-state index contributed by atoms with van der Waals surface area (Å²) < 4.78 is 0.988. The summed E-state index contributed by atoms with van der Waals surface area (Å²) in [6.07, 6.45) is 0. The predicted octanol–water partition coefficient (Wildman–Crippen LogP) is 3.72. The number of hydrazine groups is 1. The number of nitrogens with one attached hydrogen (secondary N) is 1. The molecule has 2 aromatic rings. The molecule has 0 aliphatic heterocycles. The molecule has 5 heteroatoms. The Morgan fingerprint density at radius 3 is 2.81 bits per heavy atom. The smallest absolute Gasteiger partial charge is 0.0732 e. The lowest BCUT2D eigenvalue weighted by Gasteiger charge is -2.16. The van der Waals surface area contributed by atoms with Crippen molar-refractivity contribution in [3.63, 3.8) is 0 Å². The van der Waals surface area contributed by atoms with Crippen LogP contribution >= 0.6 is 38.9 Å². The summed E-state index contributed by atoms with van der Waals surface area (Å²) in [4.78, 5) is 0. The molecule has 1 unspecified atom stereocenters. The Labute approximate surface area is 112 Å². The van der Waals surface area contributed by atoms with E-state index in [1.165, 1.54) is 0 Å². The van der Waals surface area contributed by atoms with E-state index in [9.17, 15) is 0 Å². The van der Waals surface area contributed by atoms with Crippen LogP contribution in [0.1, 0.15) is 17.2 Å². The van der Waals surface area contributed by atoms with Gasteiger partial charge in [-0.2, -0.15) is 11.3 Å². The molecule has 0 saturated carbocycles. The standard InChI is InChI=1S/C11H10BrClN2S/c12-8-1-2-10(13)9(5-8)11(15-14)7-3-4-16-6-7/h1-6,11,15H,14H2. The van der Waals surface area contributed by atoms with Gasteiger partial charge in [-0.3, -0.25) is 5.84 Å². The lowest BCUT2D eigenvalue weighted by molar-refractivity contribution is 0.639. The SMILES string of the molecule is NNC(c1ccsc1)c1cc(Br)ccc1Cl.